The Hall–Kier alpha value is -3.35. The molecular weight excluding hydrogens is 406 g/mol. The number of ether oxygens (including phenoxy) is 1. The van der Waals surface area contributed by atoms with E-state index in [1.165, 1.54) is 4.90 Å². The van der Waals surface area contributed by atoms with E-state index < -0.39 is 0 Å². The van der Waals surface area contributed by atoms with Crippen LogP contribution in [0.25, 0.3) is 0 Å². The van der Waals surface area contributed by atoms with Gasteiger partial charge in [-0.25, -0.2) is 0 Å². The van der Waals surface area contributed by atoms with Crippen molar-refractivity contribution in [2.45, 2.75) is 27.2 Å². The SMILES string of the molecule is CCc1ccc(C(=O)N(CC(=O)N2CC(=O)N(c3ccc(OC)cc3)C2)CC(C)C)cc1. The lowest BCUT2D eigenvalue weighted by atomic mass is 10.1. The minimum absolute atomic E-state index is 0.000230. The lowest BCUT2D eigenvalue weighted by Crippen LogP contribution is -2.44. The molecule has 0 unspecified atom stereocenters. The largest absolute Gasteiger partial charge is 0.497 e. The summed E-state index contributed by atoms with van der Waals surface area (Å²) in [5, 5.41) is 0. The fraction of sp³-hybridized carbons (Fsp3) is 0.400. The number of anilines is 1. The molecule has 0 spiro atoms. The van der Waals surface area contributed by atoms with E-state index in [0.29, 0.717) is 23.5 Å². The van der Waals surface area contributed by atoms with Gasteiger partial charge in [-0.3, -0.25) is 19.3 Å². The third kappa shape index (κ3) is 5.46. The van der Waals surface area contributed by atoms with Gasteiger partial charge in [0.05, 0.1) is 7.11 Å². The summed E-state index contributed by atoms with van der Waals surface area (Å²) in [6.45, 7) is 6.65. The molecule has 1 aliphatic heterocycles. The highest BCUT2D eigenvalue weighted by molar-refractivity contribution is 6.01. The standard InChI is InChI=1S/C25H31N3O4/c1-5-19-6-8-20(9-7-19)25(31)26(14-18(2)3)15-23(29)27-16-24(30)28(17-27)21-10-12-22(32-4)13-11-21/h6-13,18H,5,14-17H2,1-4H3. The highest BCUT2D eigenvalue weighted by atomic mass is 16.5. The Labute approximate surface area is 189 Å². The number of amides is 3. The summed E-state index contributed by atoms with van der Waals surface area (Å²) in [5.41, 5.74) is 2.42. The summed E-state index contributed by atoms with van der Waals surface area (Å²) in [5.74, 6) is 0.335. The molecule has 3 amide bonds. The van der Waals surface area contributed by atoms with Crippen molar-refractivity contribution in [1.29, 1.82) is 0 Å². The molecule has 1 aliphatic rings. The minimum atomic E-state index is -0.242. The van der Waals surface area contributed by atoms with Crippen molar-refractivity contribution in [3.05, 3.63) is 59.7 Å². The molecule has 1 saturated heterocycles. The van der Waals surface area contributed by atoms with Gasteiger partial charge in [0.25, 0.3) is 5.91 Å². The predicted octanol–water partition coefficient (Wildman–Crippen LogP) is 3.19. The first-order valence-electron chi connectivity index (χ1n) is 10.9. The number of rotatable bonds is 8. The molecule has 2 aromatic carbocycles. The summed E-state index contributed by atoms with van der Waals surface area (Å²) in [6.07, 6.45) is 0.899. The number of carbonyl (C=O) groups is 3. The molecule has 7 heteroatoms. The van der Waals surface area contributed by atoms with Gasteiger partial charge in [-0.1, -0.05) is 32.9 Å². The lowest BCUT2D eigenvalue weighted by molar-refractivity contribution is -0.132. The smallest absolute Gasteiger partial charge is 0.254 e. The number of hydrogen-bond acceptors (Lipinski definition) is 4. The summed E-state index contributed by atoms with van der Waals surface area (Å²) in [4.78, 5) is 43.3. The van der Waals surface area contributed by atoms with E-state index in [1.54, 1.807) is 41.2 Å². The number of methoxy groups -OCH3 is 1. The summed E-state index contributed by atoms with van der Waals surface area (Å²) >= 11 is 0. The first-order chi connectivity index (χ1) is 15.3. The summed E-state index contributed by atoms with van der Waals surface area (Å²) in [7, 11) is 1.58. The second kappa shape index (κ2) is 10.3. The van der Waals surface area contributed by atoms with Crippen LogP contribution in [0.3, 0.4) is 0 Å². The Bertz CT molecular complexity index is 954. The van der Waals surface area contributed by atoms with Gasteiger partial charge in [-0.05, 0) is 54.3 Å². The van der Waals surface area contributed by atoms with Crippen molar-refractivity contribution in [2.24, 2.45) is 5.92 Å². The number of carbonyl (C=O) groups excluding carboxylic acids is 3. The van der Waals surface area contributed by atoms with Crippen LogP contribution in [0.1, 0.15) is 36.7 Å². The molecule has 0 saturated carbocycles. The van der Waals surface area contributed by atoms with Crippen LogP contribution in [-0.2, 0) is 16.0 Å². The van der Waals surface area contributed by atoms with Gasteiger partial charge < -0.3 is 14.5 Å². The maximum atomic E-state index is 13.1. The molecular formula is C25H31N3O4. The quantitative estimate of drug-likeness (QED) is 0.636. The molecule has 0 N–H and O–H groups in total. The molecule has 0 aliphatic carbocycles. The average Bonchev–Trinajstić information content (AvgIpc) is 3.19. The lowest BCUT2D eigenvalue weighted by Gasteiger charge is -2.26. The van der Waals surface area contributed by atoms with E-state index in [4.69, 9.17) is 4.74 Å². The van der Waals surface area contributed by atoms with Gasteiger partial charge in [0.1, 0.15) is 25.5 Å². The van der Waals surface area contributed by atoms with Gasteiger partial charge in [0, 0.05) is 17.8 Å². The van der Waals surface area contributed by atoms with E-state index in [2.05, 4.69) is 6.92 Å². The van der Waals surface area contributed by atoms with Crippen molar-refractivity contribution < 1.29 is 19.1 Å². The molecule has 0 radical (unpaired) electrons. The predicted molar refractivity (Wildman–Crippen MR) is 124 cm³/mol. The Morgan fingerprint density at radius 1 is 1.06 bits per heavy atom. The first-order valence-corrected chi connectivity index (χ1v) is 10.9. The Balaban J connectivity index is 1.70. The van der Waals surface area contributed by atoms with Crippen molar-refractivity contribution in [2.75, 3.05) is 38.3 Å². The van der Waals surface area contributed by atoms with Crippen LogP contribution in [0.15, 0.2) is 48.5 Å². The van der Waals surface area contributed by atoms with Crippen molar-refractivity contribution in [3.8, 4) is 5.75 Å². The van der Waals surface area contributed by atoms with Crippen LogP contribution in [0.4, 0.5) is 5.69 Å². The number of aryl methyl sites for hydroxylation is 1. The zero-order valence-corrected chi connectivity index (χ0v) is 19.2. The van der Waals surface area contributed by atoms with E-state index in [0.717, 1.165) is 12.0 Å². The maximum absolute atomic E-state index is 13.1. The maximum Gasteiger partial charge on any atom is 0.254 e. The summed E-state index contributed by atoms with van der Waals surface area (Å²) < 4.78 is 5.16. The molecule has 1 fully saturated rings. The van der Waals surface area contributed by atoms with Gasteiger partial charge >= 0.3 is 0 Å². The number of benzene rings is 2. The van der Waals surface area contributed by atoms with Gasteiger partial charge in [0.2, 0.25) is 11.8 Å². The van der Waals surface area contributed by atoms with E-state index in [-0.39, 0.29) is 43.4 Å². The zero-order valence-electron chi connectivity index (χ0n) is 19.2. The second-order valence-corrected chi connectivity index (χ2v) is 8.38. The Morgan fingerprint density at radius 3 is 2.28 bits per heavy atom. The van der Waals surface area contributed by atoms with Crippen LogP contribution in [0, 0.1) is 5.92 Å². The fourth-order valence-corrected chi connectivity index (χ4v) is 3.69. The van der Waals surface area contributed by atoms with Crippen LogP contribution < -0.4 is 9.64 Å². The van der Waals surface area contributed by atoms with Gasteiger partial charge in [-0.2, -0.15) is 0 Å². The molecule has 0 atom stereocenters. The first kappa shape index (κ1) is 23.3. The van der Waals surface area contributed by atoms with Gasteiger partial charge in [0.15, 0.2) is 0 Å². The topological polar surface area (TPSA) is 70.2 Å². The molecule has 170 valence electrons. The van der Waals surface area contributed by atoms with Crippen molar-refractivity contribution in [3.63, 3.8) is 0 Å². The molecule has 3 rings (SSSR count). The van der Waals surface area contributed by atoms with E-state index >= 15 is 0 Å². The third-order valence-electron chi connectivity index (χ3n) is 5.48. The normalized spacial score (nSPS) is 13.6. The van der Waals surface area contributed by atoms with Crippen LogP contribution in [0.5, 0.6) is 5.75 Å². The third-order valence-corrected chi connectivity index (χ3v) is 5.48. The van der Waals surface area contributed by atoms with Gasteiger partial charge in [-0.15, -0.1) is 0 Å². The fourth-order valence-electron chi connectivity index (χ4n) is 3.69. The average molecular weight is 438 g/mol. The zero-order chi connectivity index (χ0) is 23.3. The molecule has 1 heterocycles. The van der Waals surface area contributed by atoms with E-state index in [1.807, 2.05) is 38.1 Å². The molecule has 32 heavy (non-hydrogen) atoms. The highest BCUT2D eigenvalue weighted by Gasteiger charge is 2.33. The van der Waals surface area contributed by atoms with Crippen LogP contribution in [-0.4, -0.2) is 60.9 Å². The molecule has 0 bridgehead atoms. The number of nitrogens with zero attached hydrogens (tertiary/aromatic N) is 3. The molecule has 2 aromatic rings. The second-order valence-electron chi connectivity index (χ2n) is 8.38. The molecule has 7 nitrogen and oxygen atoms in total. The van der Waals surface area contributed by atoms with Crippen LogP contribution >= 0.6 is 0 Å². The number of hydrogen-bond donors (Lipinski definition) is 0. The Morgan fingerprint density at radius 2 is 1.72 bits per heavy atom. The minimum Gasteiger partial charge on any atom is -0.497 e. The van der Waals surface area contributed by atoms with Crippen LogP contribution in [0.2, 0.25) is 0 Å². The highest BCUT2D eigenvalue weighted by Crippen LogP contribution is 2.23. The van der Waals surface area contributed by atoms with Crippen molar-refractivity contribution >= 4 is 23.4 Å². The summed E-state index contributed by atoms with van der Waals surface area (Å²) in [6, 6.07) is 14.6. The molecule has 0 aromatic heterocycles. The van der Waals surface area contributed by atoms with E-state index in [9.17, 15) is 14.4 Å². The Kier molecular flexibility index (Phi) is 7.51. The van der Waals surface area contributed by atoms with Crippen molar-refractivity contribution in [1.82, 2.24) is 9.80 Å². The monoisotopic (exact) mass is 437 g/mol.